The smallest absolute Gasteiger partial charge is 0.251 e. The Labute approximate surface area is 126 Å². The van der Waals surface area contributed by atoms with Gasteiger partial charge in [-0.3, -0.25) is 4.79 Å². The van der Waals surface area contributed by atoms with E-state index in [4.69, 9.17) is 4.74 Å². The van der Waals surface area contributed by atoms with E-state index in [0.29, 0.717) is 12.0 Å². The molecule has 0 unspecified atom stereocenters. The van der Waals surface area contributed by atoms with Gasteiger partial charge in [0.1, 0.15) is 11.9 Å². The number of nitrogens with zero attached hydrogens (tertiary/aromatic N) is 3. The van der Waals surface area contributed by atoms with Crippen LogP contribution in [0, 0.1) is 12.8 Å². The van der Waals surface area contributed by atoms with Gasteiger partial charge >= 0.3 is 0 Å². The molecule has 2 heterocycles. The molecule has 1 saturated carbocycles. The molecule has 0 aromatic carbocycles. The van der Waals surface area contributed by atoms with Crippen molar-refractivity contribution < 1.29 is 9.53 Å². The molecule has 0 bridgehead atoms. The molecule has 1 aliphatic carbocycles. The number of aryl methyl sites for hydroxylation is 1. The molecule has 1 aromatic heterocycles. The first-order chi connectivity index (χ1) is 10.1. The molecular formula is C16H25N3O2. The van der Waals surface area contributed by atoms with Gasteiger partial charge in [0.05, 0.1) is 12.6 Å². The van der Waals surface area contributed by atoms with Gasteiger partial charge in [0.15, 0.2) is 0 Å². The lowest BCUT2D eigenvalue weighted by atomic mass is 10.0. The third-order valence-corrected chi connectivity index (χ3v) is 4.59. The van der Waals surface area contributed by atoms with Crippen molar-refractivity contribution in [3.05, 3.63) is 18.2 Å². The van der Waals surface area contributed by atoms with E-state index in [1.807, 2.05) is 31.1 Å². The van der Waals surface area contributed by atoms with Crippen LogP contribution >= 0.6 is 0 Å². The lowest BCUT2D eigenvalue weighted by Gasteiger charge is -2.35. The van der Waals surface area contributed by atoms with Crippen molar-refractivity contribution in [2.75, 3.05) is 19.7 Å². The molecule has 1 amide bonds. The summed E-state index contributed by atoms with van der Waals surface area (Å²) < 4.78 is 7.91. The fourth-order valence-electron chi connectivity index (χ4n) is 3.05. The van der Waals surface area contributed by atoms with E-state index in [0.717, 1.165) is 38.4 Å². The number of likely N-dealkylation sites (tertiary alicyclic amines) is 1. The first kappa shape index (κ1) is 14.6. The van der Waals surface area contributed by atoms with Gasteiger partial charge in [-0.25, -0.2) is 4.98 Å². The summed E-state index contributed by atoms with van der Waals surface area (Å²) >= 11 is 0. The Morgan fingerprint density at radius 1 is 1.48 bits per heavy atom. The van der Waals surface area contributed by atoms with Gasteiger partial charge in [0.2, 0.25) is 0 Å². The summed E-state index contributed by atoms with van der Waals surface area (Å²) in [5.41, 5.74) is 0. The van der Waals surface area contributed by atoms with Crippen LogP contribution in [0.2, 0.25) is 0 Å². The van der Waals surface area contributed by atoms with Crippen molar-refractivity contribution in [3.8, 4) is 0 Å². The Kier molecular flexibility index (Phi) is 4.29. The maximum absolute atomic E-state index is 12.5. The highest BCUT2D eigenvalue weighted by Crippen LogP contribution is 2.29. The van der Waals surface area contributed by atoms with Crippen LogP contribution in [-0.2, 0) is 9.53 Å². The molecule has 2 aliphatic rings. The summed E-state index contributed by atoms with van der Waals surface area (Å²) in [5, 5.41) is 0. The highest BCUT2D eigenvalue weighted by atomic mass is 16.5. The number of hydrogen-bond acceptors (Lipinski definition) is 3. The Balaban J connectivity index is 1.57. The normalized spacial score (nSPS) is 24.1. The summed E-state index contributed by atoms with van der Waals surface area (Å²) in [6.07, 6.45) is 8.20. The molecular weight excluding hydrogens is 266 g/mol. The average molecular weight is 291 g/mol. The number of rotatable bonds is 5. The van der Waals surface area contributed by atoms with E-state index in [9.17, 15) is 4.79 Å². The lowest BCUT2D eigenvalue weighted by Crippen LogP contribution is -2.45. The quantitative estimate of drug-likeness (QED) is 0.835. The molecule has 2 fully saturated rings. The van der Waals surface area contributed by atoms with E-state index in [1.165, 1.54) is 12.8 Å². The van der Waals surface area contributed by atoms with Gasteiger partial charge in [-0.05, 0) is 45.4 Å². The standard InChI is InChI=1S/C16H25N3O2/c1-12(21-11-14-5-6-14)16(20)18-8-3-4-15(10-18)19-9-7-17-13(19)2/h7,9,12,14-15H,3-6,8,10-11H2,1-2H3/t12-,15+/m0/s1. The molecule has 0 radical (unpaired) electrons. The molecule has 3 rings (SSSR count). The van der Waals surface area contributed by atoms with Gasteiger partial charge < -0.3 is 14.2 Å². The van der Waals surface area contributed by atoms with E-state index in [-0.39, 0.29) is 12.0 Å². The van der Waals surface area contributed by atoms with Crippen molar-refractivity contribution >= 4 is 5.91 Å². The second-order valence-electron chi connectivity index (χ2n) is 6.38. The second kappa shape index (κ2) is 6.18. The van der Waals surface area contributed by atoms with Crippen molar-refractivity contribution in [2.45, 2.75) is 51.7 Å². The lowest BCUT2D eigenvalue weighted by molar-refractivity contribution is -0.144. The molecule has 1 saturated heterocycles. The molecule has 1 aromatic rings. The van der Waals surface area contributed by atoms with Crippen LogP contribution in [0.5, 0.6) is 0 Å². The van der Waals surface area contributed by atoms with Gasteiger partial charge in [0, 0.05) is 25.5 Å². The highest BCUT2D eigenvalue weighted by Gasteiger charge is 2.30. The predicted molar refractivity (Wildman–Crippen MR) is 80.0 cm³/mol. The number of aromatic nitrogens is 2. The minimum Gasteiger partial charge on any atom is -0.368 e. The zero-order valence-corrected chi connectivity index (χ0v) is 13.0. The van der Waals surface area contributed by atoms with Crippen LogP contribution in [0.15, 0.2) is 12.4 Å². The van der Waals surface area contributed by atoms with Crippen LogP contribution < -0.4 is 0 Å². The molecule has 0 spiro atoms. The van der Waals surface area contributed by atoms with Crippen LogP contribution in [0.1, 0.15) is 44.5 Å². The number of carbonyl (C=O) groups excluding carboxylic acids is 1. The summed E-state index contributed by atoms with van der Waals surface area (Å²) in [6, 6.07) is 0.348. The Hall–Kier alpha value is -1.36. The van der Waals surface area contributed by atoms with E-state index in [1.54, 1.807) is 0 Å². The number of amides is 1. The molecule has 5 nitrogen and oxygen atoms in total. The van der Waals surface area contributed by atoms with Crippen molar-refractivity contribution in [1.82, 2.24) is 14.5 Å². The maximum Gasteiger partial charge on any atom is 0.251 e. The maximum atomic E-state index is 12.5. The molecule has 1 aliphatic heterocycles. The van der Waals surface area contributed by atoms with Gasteiger partial charge in [0.25, 0.3) is 5.91 Å². The van der Waals surface area contributed by atoms with Crippen molar-refractivity contribution in [1.29, 1.82) is 0 Å². The fourth-order valence-corrected chi connectivity index (χ4v) is 3.05. The summed E-state index contributed by atoms with van der Waals surface area (Å²) in [7, 11) is 0. The zero-order chi connectivity index (χ0) is 14.8. The molecule has 21 heavy (non-hydrogen) atoms. The number of hydrogen-bond donors (Lipinski definition) is 0. The van der Waals surface area contributed by atoms with E-state index in [2.05, 4.69) is 9.55 Å². The topological polar surface area (TPSA) is 47.4 Å². The van der Waals surface area contributed by atoms with Crippen LogP contribution in [0.3, 0.4) is 0 Å². The first-order valence-corrected chi connectivity index (χ1v) is 8.05. The van der Waals surface area contributed by atoms with Crippen LogP contribution in [0.25, 0.3) is 0 Å². The molecule has 116 valence electrons. The highest BCUT2D eigenvalue weighted by molar-refractivity contribution is 5.80. The van der Waals surface area contributed by atoms with Gasteiger partial charge in [-0.1, -0.05) is 0 Å². The molecule has 0 N–H and O–H groups in total. The van der Waals surface area contributed by atoms with E-state index >= 15 is 0 Å². The van der Waals surface area contributed by atoms with Crippen LogP contribution in [-0.4, -0.2) is 46.2 Å². The molecule has 2 atom stereocenters. The minimum atomic E-state index is -0.312. The van der Waals surface area contributed by atoms with Crippen LogP contribution in [0.4, 0.5) is 0 Å². The van der Waals surface area contributed by atoms with Crippen molar-refractivity contribution in [3.63, 3.8) is 0 Å². The monoisotopic (exact) mass is 291 g/mol. The number of imidazole rings is 1. The predicted octanol–water partition coefficient (Wildman–Crippen LogP) is 2.17. The molecule has 5 heteroatoms. The zero-order valence-electron chi connectivity index (χ0n) is 13.0. The largest absolute Gasteiger partial charge is 0.368 e. The van der Waals surface area contributed by atoms with Crippen molar-refractivity contribution in [2.24, 2.45) is 5.92 Å². The SMILES string of the molecule is Cc1nccn1[C@@H]1CCCN(C(=O)[C@H](C)OCC2CC2)C1. The summed E-state index contributed by atoms with van der Waals surface area (Å²) in [5.74, 6) is 1.86. The summed E-state index contributed by atoms with van der Waals surface area (Å²) in [6.45, 7) is 6.26. The van der Waals surface area contributed by atoms with Gasteiger partial charge in [-0.15, -0.1) is 0 Å². The van der Waals surface area contributed by atoms with E-state index < -0.39 is 0 Å². The number of ether oxygens (including phenoxy) is 1. The first-order valence-electron chi connectivity index (χ1n) is 8.05. The third-order valence-electron chi connectivity index (χ3n) is 4.59. The number of carbonyl (C=O) groups is 1. The number of piperidine rings is 1. The Morgan fingerprint density at radius 2 is 2.29 bits per heavy atom. The fraction of sp³-hybridized carbons (Fsp3) is 0.750. The third kappa shape index (κ3) is 3.46. The Morgan fingerprint density at radius 3 is 2.95 bits per heavy atom. The summed E-state index contributed by atoms with van der Waals surface area (Å²) in [4.78, 5) is 18.8. The second-order valence-corrected chi connectivity index (χ2v) is 6.38. The van der Waals surface area contributed by atoms with Gasteiger partial charge in [-0.2, -0.15) is 0 Å². The minimum absolute atomic E-state index is 0.137. The Bertz CT molecular complexity index is 495. The average Bonchev–Trinajstić information content (AvgIpc) is 3.24.